The maximum Gasteiger partial charge on any atom is 0.242 e. The highest BCUT2D eigenvalue weighted by Gasteiger charge is 2.68. The van der Waals surface area contributed by atoms with Gasteiger partial charge in [-0.15, -0.1) is 11.3 Å². The van der Waals surface area contributed by atoms with Gasteiger partial charge in [-0.3, -0.25) is 28.8 Å². The van der Waals surface area contributed by atoms with E-state index in [1.807, 2.05) is 80.6 Å². The van der Waals surface area contributed by atoms with Crippen LogP contribution >= 0.6 is 22.9 Å². The van der Waals surface area contributed by atoms with Crippen LogP contribution in [0.5, 0.6) is 28.7 Å². The highest BCUT2D eigenvalue weighted by Crippen LogP contribution is 2.64. The highest BCUT2D eigenvalue weighted by atomic mass is 35.5. The van der Waals surface area contributed by atoms with Gasteiger partial charge in [-0.25, -0.2) is 4.90 Å². The number of aromatic hydroxyl groups is 1. The molecule has 0 unspecified atom stereocenters. The number of imide groups is 2. The molecule has 13 nitrogen and oxygen atoms in total. The molecular weight excluding hydrogens is 892 g/mol. The zero-order chi connectivity index (χ0) is 47.2. The van der Waals surface area contributed by atoms with E-state index in [1.54, 1.807) is 67.6 Å². The first kappa shape index (κ1) is 44.0. The number of aryl methyl sites for hydroxylation is 2. The standard InChI is InChI=1S/C52H47ClN4O9S/c1-26-35-23-30(53)12-19-42(35)67-47(26)38-25-43(55(3)54-38)57-49(60)37-24-36-33(45(52(37,2)51(57)62)29-21-40(65-6)46(58)41(22-29)66-7)16-17-34-44(36)50(61)56(48(34)59)31-13-9-27(10-14-31)8-11-28-20-32(63-4)15-18-39(28)64-5/h8-16,18-23,25,34,36-37,44-45,58H,17,24H2,1-7H3/t34-,36+,37-,44-,45-,52+/m0/s1. The van der Waals surface area contributed by atoms with E-state index < -0.39 is 46.8 Å². The molecule has 0 spiro atoms. The fraction of sp³-hybridized carbons (Fsp3) is 0.288. The number of halogens is 1. The molecule has 2 aromatic heterocycles. The van der Waals surface area contributed by atoms with Crippen LogP contribution in [0.4, 0.5) is 11.5 Å². The van der Waals surface area contributed by atoms with Crippen LogP contribution in [0.2, 0.25) is 5.02 Å². The minimum atomic E-state index is -1.38. The number of hydrogen-bond acceptors (Lipinski definition) is 11. The van der Waals surface area contributed by atoms with Gasteiger partial charge in [0.05, 0.1) is 62.2 Å². The third kappa shape index (κ3) is 6.74. The molecule has 10 rings (SSSR count). The van der Waals surface area contributed by atoms with Crippen LogP contribution in [0.25, 0.3) is 32.8 Å². The second kappa shape index (κ2) is 16.5. The number of carbonyl (C=O) groups is 4. The summed E-state index contributed by atoms with van der Waals surface area (Å²) in [5.41, 5.74) is 3.64. The highest BCUT2D eigenvalue weighted by molar-refractivity contribution is 7.22. The second-order valence-electron chi connectivity index (χ2n) is 17.7. The van der Waals surface area contributed by atoms with Crippen LogP contribution in [-0.2, 0) is 26.2 Å². The molecule has 67 heavy (non-hydrogen) atoms. The Kier molecular flexibility index (Phi) is 10.8. The molecule has 6 aromatic rings. The van der Waals surface area contributed by atoms with Crippen LogP contribution in [-0.4, -0.2) is 67.0 Å². The minimum Gasteiger partial charge on any atom is -0.502 e. The Labute approximate surface area is 395 Å². The number of methoxy groups -OCH3 is 4. The first-order valence-electron chi connectivity index (χ1n) is 21.9. The molecule has 4 heterocycles. The number of thiophene rings is 1. The summed E-state index contributed by atoms with van der Waals surface area (Å²) in [6.07, 6.45) is 6.20. The summed E-state index contributed by atoms with van der Waals surface area (Å²) in [5.74, 6) is -3.58. The van der Waals surface area contributed by atoms with Crippen molar-refractivity contribution in [3.8, 4) is 39.3 Å². The molecule has 4 amide bonds. The predicted octanol–water partition coefficient (Wildman–Crippen LogP) is 9.61. The zero-order valence-electron chi connectivity index (χ0n) is 37.8. The number of phenols is 1. The lowest BCUT2D eigenvalue weighted by Crippen LogP contribution is -2.49. The number of nitrogens with zero attached hydrogens (tertiary/aromatic N) is 4. The number of aromatic nitrogens is 2. The van der Waals surface area contributed by atoms with Gasteiger partial charge < -0.3 is 24.1 Å². The topological polar surface area (TPSA) is 150 Å². The SMILES string of the molecule is COc1ccc(OC)c(C=Cc2ccc(N3C(=O)[C@H]4[C@H](CC=C5[C@H]4C[C@H]4C(=O)N(c6cc(-c7sc8ccc(Cl)cc8c7C)nn6C)C(=O)[C@@]4(C)[C@H]5c4cc(OC)c(O)c(OC)c4)C3=O)cc2)c1. The number of phenolic OH excluding ortho intramolecular Hbond substituents is 1. The summed E-state index contributed by atoms with van der Waals surface area (Å²) in [5, 5.41) is 17.5. The van der Waals surface area contributed by atoms with Crippen molar-refractivity contribution in [2.45, 2.75) is 32.6 Å². The average molecular weight is 939 g/mol. The summed E-state index contributed by atoms with van der Waals surface area (Å²) in [4.78, 5) is 63.3. The predicted molar refractivity (Wildman–Crippen MR) is 257 cm³/mol. The van der Waals surface area contributed by atoms with Gasteiger partial charge in [0.1, 0.15) is 23.0 Å². The normalized spacial score (nSPS) is 23.5. The number of carbonyl (C=O) groups excluding carboxylic acids is 4. The summed E-state index contributed by atoms with van der Waals surface area (Å²) < 4.78 is 24.7. The molecule has 0 radical (unpaired) electrons. The Hall–Kier alpha value is -6.90. The lowest BCUT2D eigenvalue weighted by Gasteiger charge is -2.49. The number of ether oxygens (including phenoxy) is 4. The number of rotatable bonds is 10. The Balaban J connectivity index is 1.02. The van der Waals surface area contributed by atoms with E-state index in [9.17, 15) is 14.7 Å². The van der Waals surface area contributed by atoms with Crippen molar-refractivity contribution in [1.29, 1.82) is 0 Å². The van der Waals surface area contributed by atoms with E-state index >= 15 is 9.59 Å². The van der Waals surface area contributed by atoms with E-state index in [1.165, 1.54) is 24.0 Å². The van der Waals surface area contributed by atoms with Gasteiger partial charge in [-0.05, 0) is 115 Å². The van der Waals surface area contributed by atoms with Crippen LogP contribution in [0.1, 0.15) is 47.9 Å². The lowest BCUT2D eigenvalue weighted by molar-refractivity contribution is -0.131. The molecule has 4 aromatic carbocycles. The van der Waals surface area contributed by atoms with Crippen LogP contribution in [0, 0.1) is 36.0 Å². The Morgan fingerprint density at radius 3 is 2.21 bits per heavy atom. The molecule has 4 aliphatic rings. The average Bonchev–Trinajstić information content (AvgIpc) is 4.01. The monoisotopic (exact) mass is 938 g/mol. The Bertz CT molecular complexity index is 3110. The summed E-state index contributed by atoms with van der Waals surface area (Å²) in [7, 11) is 7.76. The number of benzene rings is 4. The molecular formula is C52H47ClN4O9S. The van der Waals surface area contributed by atoms with Gasteiger partial charge in [0, 0.05) is 34.3 Å². The first-order chi connectivity index (χ1) is 32.2. The van der Waals surface area contributed by atoms with E-state index in [0.717, 1.165) is 37.2 Å². The largest absolute Gasteiger partial charge is 0.502 e. The fourth-order valence-electron chi connectivity index (χ4n) is 11.1. The second-order valence-corrected chi connectivity index (χ2v) is 19.2. The van der Waals surface area contributed by atoms with Crippen molar-refractivity contribution < 1.29 is 43.2 Å². The number of hydrogen-bond donors (Lipinski definition) is 1. The number of allylic oxidation sites excluding steroid dienone is 2. The van der Waals surface area contributed by atoms with E-state index in [-0.39, 0.29) is 41.9 Å². The number of amides is 4. The first-order valence-corrected chi connectivity index (χ1v) is 23.1. The molecule has 3 fully saturated rings. The van der Waals surface area contributed by atoms with Crippen LogP contribution in [0.15, 0.2) is 90.5 Å². The van der Waals surface area contributed by atoms with Gasteiger partial charge in [0.25, 0.3) is 0 Å². The van der Waals surface area contributed by atoms with Crippen LogP contribution < -0.4 is 28.7 Å². The quantitative estimate of drug-likeness (QED) is 0.0800. The van der Waals surface area contributed by atoms with Crippen molar-refractivity contribution in [3.05, 3.63) is 118 Å². The molecule has 6 atom stereocenters. The van der Waals surface area contributed by atoms with Crippen molar-refractivity contribution in [2.24, 2.45) is 36.1 Å². The number of fused-ring (bicyclic) bond motifs is 5. The van der Waals surface area contributed by atoms with Crippen molar-refractivity contribution in [3.63, 3.8) is 0 Å². The third-order valence-corrected chi connectivity index (χ3v) is 15.9. The zero-order valence-corrected chi connectivity index (χ0v) is 39.4. The Morgan fingerprint density at radius 1 is 0.806 bits per heavy atom. The molecule has 0 bridgehead atoms. The molecule has 2 aliphatic carbocycles. The van der Waals surface area contributed by atoms with E-state index in [0.29, 0.717) is 39.3 Å². The van der Waals surface area contributed by atoms with Gasteiger partial charge in [0.2, 0.25) is 29.4 Å². The molecule has 1 saturated carbocycles. The molecule has 2 saturated heterocycles. The molecule has 2 aliphatic heterocycles. The van der Waals surface area contributed by atoms with Crippen LogP contribution in [0.3, 0.4) is 0 Å². The fourth-order valence-corrected chi connectivity index (χ4v) is 12.4. The van der Waals surface area contributed by atoms with Gasteiger partial charge >= 0.3 is 0 Å². The van der Waals surface area contributed by atoms with Gasteiger partial charge in [-0.2, -0.15) is 5.10 Å². The number of anilines is 2. The van der Waals surface area contributed by atoms with Gasteiger partial charge in [0.15, 0.2) is 11.5 Å². The summed E-state index contributed by atoms with van der Waals surface area (Å²) >= 11 is 7.92. The maximum absolute atomic E-state index is 15.4. The minimum absolute atomic E-state index is 0.120. The van der Waals surface area contributed by atoms with Crippen molar-refractivity contribution in [1.82, 2.24) is 9.78 Å². The van der Waals surface area contributed by atoms with E-state index in [2.05, 4.69) is 0 Å². The molecule has 1 N–H and O–H groups in total. The Morgan fingerprint density at radius 2 is 1.52 bits per heavy atom. The smallest absolute Gasteiger partial charge is 0.242 e. The summed E-state index contributed by atoms with van der Waals surface area (Å²) in [6, 6.07) is 23.5. The van der Waals surface area contributed by atoms with Gasteiger partial charge in [-0.1, -0.05) is 47.5 Å². The maximum atomic E-state index is 15.4. The molecule has 15 heteroatoms. The van der Waals surface area contributed by atoms with Crippen molar-refractivity contribution in [2.75, 3.05) is 38.2 Å². The molecule has 342 valence electrons. The van der Waals surface area contributed by atoms with E-state index in [4.69, 9.17) is 35.6 Å². The van der Waals surface area contributed by atoms with Crippen molar-refractivity contribution >= 4 is 80.3 Å². The third-order valence-electron chi connectivity index (χ3n) is 14.4. The summed E-state index contributed by atoms with van der Waals surface area (Å²) in [6.45, 7) is 3.81. The lowest BCUT2D eigenvalue weighted by atomic mass is 9.51.